The van der Waals surface area contributed by atoms with Crippen molar-refractivity contribution in [1.82, 2.24) is 0 Å². The van der Waals surface area contributed by atoms with Gasteiger partial charge in [0.25, 0.3) is 0 Å². The van der Waals surface area contributed by atoms with Gasteiger partial charge in [-0.1, -0.05) is 202 Å². The maximum atomic E-state index is 12.8. The quantitative estimate of drug-likeness (QED) is 0.0262. The molecule has 0 amide bonds. The molecule has 0 aromatic rings. The minimum atomic E-state index is -0.795. The molecule has 0 rings (SSSR count). The average Bonchev–Trinajstić information content (AvgIpc) is 3.30. The number of unbranched alkanes of at least 4 members (excludes halogenated alkanes) is 23. The lowest BCUT2D eigenvalue weighted by molar-refractivity contribution is -0.167. The topological polar surface area (TPSA) is 78.9 Å². The summed E-state index contributed by atoms with van der Waals surface area (Å²) in [6.07, 6.45) is 68.4. The van der Waals surface area contributed by atoms with Gasteiger partial charge in [0.05, 0.1) is 0 Å². The zero-order chi connectivity index (χ0) is 47.2. The van der Waals surface area contributed by atoms with Crippen molar-refractivity contribution in [2.75, 3.05) is 13.2 Å². The summed E-state index contributed by atoms with van der Waals surface area (Å²) in [6.45, 7) is 6.44. The molecule has 0 aromatic carbocycles. The van der Waals surface area contributed by atoms with E-state index >= 15 is 0 Å². The largest absolute Gasteiger partial charge is 0.462 e. The van der Waals surface area contributed by atoms with E-state index in [0.29, 0.717) is 19.3 Å². The molecule has 0 unspecified atom stereocenters. The van der Waals surface area contributed by atoms with Crippen molar-refractivity contribution in [2.45, 2.75) is 258 Å². The van der Waals surface area contributed by atoms with Gasteiger partial charge in [-0.05, 0) is 116 Å². The first-order valence-electron chi connectivity index (χ1n) is 27.1. The maximum absolute atomic E-state index is 12.8. The fraction of sp³-hybridized carbons (Fsp3) is 0.712. The van der Waals surface area contributed by atoms with Crippen LogP contribution in [0.1, 0.15) is 252 Å². The summed E-state index contributed by atoms with van der Waals surface area (Å²) in [5, 5.41) is 0. The second-order valence-corrected chi connectivity index (χ2v) is 17.7. The van der Waals surface area contributed by atoms with E-state index < -0.39 is 6.10 Å². The van der Waals surface area contributed by atoms with Crippen LogP contribution in [0.4, 0.5) is 0 Å². The molecule has 6 nitrogen and oxygen atoms in total. The smallest absolute Gasteiger partial charge is 0.306 e. The minimum Gasteiger partial charge on any atom is -0.462 e. The molecule has 0 aliphatic heterocycles. The van der Waals surface area contributed by atoms with Crippen molar-refractivity contribution in [3.05, 3.63) is 85.1 Å². The van der Waals surface area contributed by atoms with Gasteiger partial charge in [-0.25, -0.2) is 0 Å². The number of allylic oxidation sites excluding steroid dienone is 14. The van der Waals surface area contributed by atoms with Crippen molar-refractivity contribution in [1.29, 1.82) is 0 Å². The number of esters is 3. The van der Waals surface area contributed by atoms with E-state index in [9.17, 15) is 14.4 Å². The Balaban J connectivity index is 4.45. The Morgan fingerprint density at radius 1 is 0.323 bits per heavy atom. The standard InChI is InChI=1S/C59H100O6/c1-4-7-10-13-16-19-22-25-28-29-32-34-37-40-43-46-49-52-58(61)64-55-56(65-59(62)53-50-47-44-41-38-35-31-27-24-21-18-15-12-9-6-3)54-63-57(60)51-48-45-42-39-36-33-30-26-23-20-17-14-11-8-5-2/h9,12,16-21,25-28,30-31,56H,4-8,10-11,13-15,22-24,29,32-55H2,1-3H3/b12-9-,19-16-,20-17-,21-18-,28-25-,30-26-,31-27-/t56-/m1/s1. The number of carbonyl (C=O) groups excluding carboxylic acids is 3. The van der Waals surface area contributed by atoms with E-state index in [1.165, 1.54) is 77.0 Å². The summed E-state index contributed by atoms with van der Waals surface area (Å²) >= 11 is 0. The fourth-order valence-corrected chi connectivity index (χ4v) is 7.28. The predicted octanol–water partition coefficient (Wildman–Crippen LogP) is 18.0. The maximum Gasteiger partial charge on any atom is 0.306 e. The second kappa shape index (κ2) is 53.2. The van der Waals surface area contributed by atoms with Gasteiger partial charge in [0, 0.05) is 19.3 Å². The third-order valence-electron chi connectivity index (χ3n) is 11.4. The van der Waals surface area contributed by atoms with Crippen LogP contribution in [0.25, 0.3) is 0 Å². The summed E-state index contributed by atoms with van der Waals surface area (Å²) in [5.74, 6) is -0.929. The summed E-state index contributed by atoms with van der Waals surface area (Å²) in [4.78, 5) is 38.1. The van der Waals surface area contributed by atoms with Crippen molar-refractivity contribution in [3.63, 3.8) is 0 Å². The molecule has 0 bridgehead atoms. The first-order chi connectivity index (χ1) is 32.0. The highest BCUT2D eigenvalue weighted by Gasteiger charge is 2.19. The molecule has 0 aromatic heterocycles. The van der Waals surface area contributed by atoms with Crippen LogP contribution in [0.5, 0.6) is 0 Å². The van der Waals surface area contributed by atoms with E-state index in [4.69, 9.17) is 14.2 Å². The van der Waals surface area contributed by atoms with E-state index in [-0.39, 0.29) is 31.1 Å². The summed E-state index contributed by atoms with van der Waals surface area (Å²) < 4.78 is 16.8. The normalized spacial score (nSPS) is 12.7. The van der Waals surface area contributed by atoms with E-state index in [2.05, 4.69) is 106 Å². The number of hydrogen-bond donors (Lipinski definition) is 0. The van der Waals surface area contributed by atoms with E-state index in [1.807, 2.05) is 0 Å². The lowest BCUT2D eigenvalue weighted by Crippen LogP contribution is -2.30. The molecule has 0 N–H and O–H groups in total. The molecule has 0 aliphatic rings. The summed E-state index contributed by atoms with van der Waals surface area (Å²) in [7, 11) is 0. The fourth-order valence-electron chi connectivity index (χ4n) is 7.28. The van der Waals surface area contributed by atoms with Crippen LogP contribution in [0, 0.1) is 0 Å². The molecule has 0 radical (unpaired) electrons. The highest BCUT2D eigenvalue weighted by molar-refractivity contribution is 5.71. The number of carbonyl (C=O) groups is 3. The summed E-state index contributed by atoms with van der Waals surface area (Å²) in [6, 6.07) is 0. The van der Waals surface area contributed by atoms with Crippen LogP contribution >= 0.6 is 0 Å². The first kappa shape index (κ1) is 61.6. The van der Waals surface area contributed by atoms with E-state index in [1.54, 1.807) is 0 Å². The van der Waals surface area contributed by atoms with Gasteiger partial charge in [-0.3, -0.25) is 14.4 Å². The Hall–Kier alpha value is -3.41. The molecular weight excluding hydrogens is 805 g/mol. The first-order valence-corrected chi connectivity index (χ1v) is 27.1. The zero-order valence-corrected chi connectivity index (χ0v) is 42.5. The third-order valence-corrected chi connectivity index (χ3v) is 11.4. The summed E-state index contributed by atoms with van der Waals surface area (Å²) in [5.41, 5.74) is 0. The Morgan fingerprint density at radius 3 is 0.938 bits per heavy atom. The van der Waals surface area contributed by atoms with Crippen molar-refractivity contribution in [3.8, 4) is 0 Å². The molecule has 0 fully saturated rings. The zero-order valence-electron chi connectivity index (χ0n) is 42.5. The van der Waals surface area contributed by atoms with Gasteiger partial charge < -0.3 is 14.2 Å². The molecule has 0 heterocycles. The van der Waals surface area contributed by atoms with Gasteiger partial charge in [0.2, 0.25) is 0 Å². The van der Waals surface area contributed by atoms with Gasteiger partial charge in [-0.2, -0.15) is 0 Å². The van der Waals surface area contributed by atoms with Crippen LogP contribution in [-0.2, 0) is 28.6 Å². The second-order valence-electron chi connectivity index (χ2n) is 17.7. The number of hydrogen-bond acceptors (Lipinski definition) is 6. The SMILES string of the molecule is CC/C=C\C/C=C\C/C=C\CCCCCCCC(=O)O[C@H](COC(=O)CCCCCCC/C=C\C/C=C\CCCCC)COC(=O)CCCCCCCCC/C=C\C/C=C\CCCCC. The van der Waals surface area contributed by atoms with Gasteiger partial charge >= 0.3 is 17.9 Å². The molecule has 1 atom stereocenters. The Kier molecular flexibility index (Phi) is 50.4. The Labute approximate surface area is 401 Å². The highest BCUT2D eigenvalue weighted by atomic mass is 16.6. The van der Waals surface area contributed by atoms with E-state index in [0.717, 1.165) is 135 Å². The van der Waals surface area contributed by atoms with Gasteiger partial charge in [0.15, 0.2) is 6.10 Å². The molecule has 0 saturated carbocycles. The average molecular weight is 905 g/mol. The van der Waals surface area contributed by atoms with Crippen LogP contribution in [0.15, 0.2) is 85.1 Å². The number of rotatable bonds is 48. The van der Waals surface area contributed by atoms with Crippen molar-refractivity contribution >= 4 is 17.9 Å². The monoisotopic (exact) mass is 905 g/mol. The van der Waals surface area contributed by atoms with Gasteiger partial charge in [0.1, 0.15) is 13.2 Å². The highest BCUT2D eigenvalue weighted by Crippen LogP contribution is 2.14. The minimum absolute atomic E-state index is 0.0928. The lowest BCUT2D eigenvalue weighted by atomic mass is 10.1. The molecule has 0 spiro atoms. The Morgan fingerprint density at radius 2 is 0.600 bits per heavy atom. The van der Waals surface area contributed by atoms with Gasteiger partial charge in [-0.15, -0.1) is 0 Å². The van der Waals surface area contributed by atoms with Crippen LogP contribution < -0.4 is 0 Å². The van der Waals surface area contributed by atoms with Crippen LogP contribution in [0.2, 0.25) is 0 Å². The molecule has 65 heavy (non-hydrogen) atoms. The predicted molar refractivity (Wildman–Crippen MR) is 279 cm³/mol. The van der Waals surface area contributed by atoms with Crippen LogP contribution in [0.3, 0.4) is 0 Å². The van der Waals surface area contributed by atoms with Crippen molar-refractivity contribution < 1.29 is 28.6 Å². The lowest BCUT2D eigenvalue weighted by Gasteiger charge is -2.18. The molecule has 6 heteroatoms. The third kappa shape index (κ3) is 51.4. The van der Waals surface area contributed by atoms with Crippen molar-refractivity contribution in [2.24, 2.45) is 0 Å². The number of ether oxygens (including phenoxy) is 3. The Bertz CT molecular complexity index is 1270. The molecule has 372 valence electrons. The molecule has 0 aliphatic carbocycles. The molecular formula is C59H100O6. The molecule has 0 saturated heterocycles. The van der Waals surface area contributed by atoms with Crippen LogP contribution in [-0.4, -0.2) is 37.2 Å².